The molecule has 0 aromatic rings. The van der Waals surface area contributed by atoms with Gasteiger partial charge < -0.3 is 19.9 Å². The van der Waals surface area contributed by atoms with E-state index in [2.05, 4.69) is 5.32 Å². The second kappa shape index (κ2) is 6.84. The van der Waals surface area contributed by atoms with Gasteiger partial charge in [-0.05, 0) is 33.6 Å². The van der Waals surface area contributed by atoms with Gasteiger partial charge in [-0.2, -0.15) is 0 Å². The molecule has 0 aromatic heterocycles. The molecule has 3 rings (SSSR count). The second-order valence-corrected chi connectivity index (χ2v) is 8.55. The van der Waals surface area contributed by atoms with Crippen LogP contribution in [0.25, 0.3) is 0 Å². The highest BCUT2D eigenvalue weighted by atomic mass is 16.6. The fraction of sp³-hybridized carbons (Fsp3) is 0.833. The van der Waals surface area contributed by atoms with Gasteiger partial charge in [0.15, 0.2) is 0 Å². The van der Waals surface area contributed by atoms with Gasteiger partial charge in [0.2, 0.25) is 11.8 Å². The lowest BCUT2D eigenvalue weighted by atomic mass is 10.0. The molecular weight excluding hydrogens is 322 g/mol. The molecule has 1 N–H and O–H groups in total. The Bertz CT molecular complexity index is 543. The molecule has 0 spiro atoms. The van der Waals surface area contributed by atoms with Gasteiger partial charge in [-0.25, -0.2) is 4.79 Å². The second-order valence-electron chi connectivity index (χ2n) is 8.55. The molecule has 7 nitrogen and oxygen atoms in total. The number of carbonyl (C=O) groups is 3. The van der Waals surface area contributed by atoms with E-state index in [4.69, 9.17) is 4.74 Å². The van der Waals surface area contributed by atoms with Gasteiger partial charge in [0.25, 0.3) is 0 Å². The van der Waals surface area contributed by atoms with Crippen LogP contribution < -0.4 is 5.32 Å². The number of ether oxygens (including phenoxy) is 1. The first kappa shape index (κ1) is 18.0. The maximum absolute atomic E-state index is 12.4. The van der Waals surface area contributed by atoms with Crippen molar-refractivity contribution in [1.29, 1.82) is 0 Å². The highest BCUT2D eigenvalue weighted by Gasteiger charge is 2.43. The predicted octanol–water partition coefficient (Wildman–Crippen LogP) is 1.37. The van der Waals surface area contributed by atoms with E-state index >= 15 is 0 Å². The summed E-state index contributed by atoms with van der Waals surface area (Å²) < 4.78 is 5.44. The minimum Gasteiger partial charge on any atom is -0.444 e. The minimum absolute atomic E-state index is 0.0930. The Morgan fingerprint density at radius 2 is 1.72 bits per heavy atom. The van der Waals surface area contributed by atoms with E-state index < -0.39 is 5.60 Å². The Kier molecular flexibility index (Phi) is 4.93. The zero-order chi connectivity index (χ0) is 18.2. The maximum Gasteiger partial charge on any atom is 0.410 e. The monoisotopic (exact) mass is 351 g/mol. The lowest BCUT2D eigenvalue weighted by Gasteiger charge is -2.26. The number of nitrogens with one attached hydrogen (secondary N) is 1. The zero-order valence-corrected chi connectivity index (χ0v) is 15.4. The number of carbonyl (C=O) groups excluding carboxylic acids is 3. The standard InChI is InChI=1S/C18H29N3O4/c1-18(2,3)25-17(24)21-10-12-8-20(9-13(12)11-21)16(23)7-5-14-4-6-15(22)19-14/h12-14H,4-11H2,1-3H3,(H,19,22). The van der Waals surface area contributed by atoms with Crippen LogP contribution in [0.3, 0.4) is 0 Å². The fourth-order valence-corrected chi connectivity index (χ4v) is 4.02. The van der Waals surface area contributed by atoms with Crippen LogP contribution in [0.15, 0.2) is 0 Å². The quantitative estimate of drug-likeness (QED) is 0.833. The van der Waals surface area contributed by atoms with Crippen LogP contribution in [0.4, 0.5) is 4.79 Å². The van der Waals surface area contributed by atoms with E-state index in [1.54, 1.807) is 4.90 Å². The molecule has 0 aliphatic carbocycles. The topological polar surface area (TPSA) is 79.0 Å². The van der Waals surface area contributed by atoms with Crippen molar-refractivity contribution >= 4 is 17.9 Å². The normalized spacial score (nSPS) is 28.9. The SMILES string of the molecule is CC(C)(C)OC(=O)N1CC2CN(C(=O)CCC3CCC(=O)N3)CC2C1. The molecule has 25 heavy (non-hydrogen) atoms. The fourth-order valence-electron chi connectivity index (χ4n) is 4.02. The molecule has 7 heteroatoms. The molecule has 3 atom stereocenters. The Labute approximate surface area is 149 Å². The van der Waals surface area contributed by atoms with Crippen molar-refractivity contribution in [2.45, 2.75) is 58.1 Å². The van der Waals surface area contributed by atoms with Crippen molar-refractivity contribution in [1.82, 2.24) is 15.1 Å². The van der Waals surface area contributed by atoms with Crippen LogP contribution in [-0.4, -0.2) is 65.5 Å². The Balaban J connectivity index is 1.42. The first-order chi connectivity index (χ1) is 11.7. The Hall–Kier alpha value is -1.79. The summed E-state index contributed by atoms with van der Waals surface area (Å²) in [5, 5.41) is 2.91. The Morgan fingerprint density at radius 3 is 2.24 bits per heavy atom. The van der Waals surface area contributed by atoms with Crippen LogP contribution in [-0.2, 0) is 14.3 Å². The third kappa shape index (κ3) is 4.44. The van der Waals surface area contributed by atoms with Gasteiger partial charge in [-0.1, -0.05) is 0 Å². The summed E-state index contributed by atoms with van der Waals surface area (Å²) in [5.74, 6) is 0.958. The first-order valence-corrected chi connectivity index (χ1v) is 9.26. The van der Waals surface area contributed by atoms with E-state index in [9.17, 15) is 14.4 Å². The zero-order valence-electron chi connectivity index (χ0n) is 15.4. The number of nitrogens with zero attached hydrogens (tertiary/aromatic N) is 2. The first-order valence-electron chi connectivity index (χ1n) is 9.26. The summed E-state index contributed by atoms with van der Waals surface area (Å²) in [6.45, 7) is 8.39. The van der Waals surface area contributed by atoms with Crippen molar-refractivity contribution in [2.75, 3.05) is 26.2 Å². The van der Waals surface area contributed by atoms with Gasteiger partial charge in [0, 0.05) is 56.9 Å². The van der Waals surface area contributed by atoms with Crippen molar-refractivity contribution in [3.63, 3.8) is 0 Å². The van der Waals surface area contributed by atoms with E-state index in [-0.39, 0.29) is 23.9 Å². The summed E-state index contributed by atoms with van der Waals surface area (Å²) in [4.78, 5) is 39.5. The molecule has 0 radical (unpaired) electrons. The van der Waals surface area contributed by atoms with Gasteiger partial charge in [-0.3, -0.25) is 9.59 Å². The summed E-state index contributed by atoms with van der Waals surface area (Å²) >= 11 is 0. The average molecular weight is 351 g/mol. The molecule has 3 aliphatic rings. The lowest BCUT2D eigenvalue weighted by molar-refractivity contribution is -0.130. The molecule has 140 valence electrons. The largest absolute Gasteiger partial charge is 0.444 e. The van der Waals surface area contributed by atoms with Crippen molar-refractivity contribution in [3.05, 3.63) is 0 Å². The molecule has 0 aromatic carbocycles. The number of hydrogen-bond acceptors (Lipinski definition) is 4. The smallest absolute Gasteiger partial charge is 0.410 e. The molecule has 3 saturated heterocycles. The summed E-state index contributed by atoms with van der Waals surface area (Å²) in [7, 11) is 0. The predicted molar refractivity (Wildman–Crippen MR) is 91.8 cm³/mol. The third-order valence-corrected chi connectivity index (χ3v) is 5.28. The van der Waals surface area contributed by atoms with E-state index in [1.807, 2.05) is 25.7 Å². The summed E-state index contributed by atoms with van der Waals surface area (Å²) in [6, 6.07) is 0.154. The number of hydrogen-bond donors (Lipinski definition) is 1. The number of fused-ring (bicyclic) bond motifs is 1. The molecule has 3 aliphatic heterocycles. The Morgan fingerprint density at radius 1 is 1.12 bits per heavy atom. The highest BCUT2D eigenvalue weighted by molar-refractivity contribution is 5.79. The number of likely N-dealkylation sites (tertiary alicyclic amines) is 2. The number of amides is 3. The van der Waals surface area contributed by atoms with E-state index in [1.165, 1.54) is 0 Å². The van der Waals surface area contributed by atoms with Crippen molar-refractivity contribution < 1.29 is 19.1 Å². The molecule has 0 saturated carbocycles. The molecule has 0 bridgehead atoms. The van der Waals surface area contributed by atoms with E-state index in [0.29, 0.717) is 37.8 Å². The van der Waals surface area contributed by atoms with Gasteiger partial charge in [0.1, 0.15) is 5.60 Å². The van der Waals surface area contributed by atoms with Gasteiger partial charge in [0.05, 0.1) is 0 Å². The van der Waals surface area contributed by atoms with E-state index in [0.717, 1.165) is 25.9 Å². The van der Waals surface area contributed by atoms with Crippen molar-refractivity contribution in [3.8, 4) is 0 Å². The molecule has 3 heterocycles. The minimum atomic E-state index is -0.480. The van der Waals surface area contributed by atoms with Crippen LogP contribution in [0.2, 0.25) is 0 Å². The van der Waals surface area contributed by atoms with Crippen LogP contribution in [0, 0.1) is 11.8 Å². The summed E-state index contributed by atoms with van der Waals surface area (Å²) in [6.07, 6.45) is 2.37. The van der Waals surface area contributed by atoms with Crippen LogP contribution in [0.1, 0.15) is 46.5 Å². The lowest BCUT2D eigenvalue weighted by Crippen LogP contribution is -2.38. The molecular formula is C18H29N3O4. The highest BCUT2D eigenvalue weighted by Crippen LogP contribution is 2.32. The van der Waals surface area contributed by atoms with Crippen LogP contribution in [0.5, 0.6) is 0 Å². The van der Waals surface area contributed by atoms with Crippen LogP contribution >= 0.6 is 0 Å². The van der Waals surface area contributed by atoms with Gasteiger partial charge in [-0.15, -0.1) is 0 Å². The maximum atomic E-state index is 12.4. The average Bonchev–Trinajstić information content (AvgIpc) is 3.16. The molecule has 3 fully saturated rings. The summed E-state index contributed by atoms with van der Waals surface area (Å²) in [5.41, 5.74) is -0.480. The third-order valence-electron chi connectivity index (χ3n) is 5.28. The van der Waals surface area contributed by atoms with Gasteiger partial charge >= 0.3 is 6.09 Å². The molecule has 3 amide bonds. The van der Waals surface area contributed by atoms with Crippen molar-refractivity contribution in [2.24, 2.45) is 11.8 Å². The molecule has 3 unspecified atom stereocenters. The number of rotatable bonds is 3.